The Morgan fingerprint density at radius 2 is 1.86 bits per heavy atom. The van der Waals surface area contributed by atoms with E-state index in [9.17, 15) is 17.6 Å². The van der Waals surface area contributed by atoms with Crippen LogP contribution < -0.4 is 5.32 Å². The molecule has 0 heterocycles. The van der Waals surface area contributed by atoms with E-state index >= 15 is 0 Å². The summed E-state index contributed by atoms with van der Waals surface area (Å²) in [5.74, 6) is -0.871. The summed E-state index contributed by atoms with van der Waals surface area (Å²) in [6.07, 6.45) is 0.348. The highest BCUT2D eigenvalue weighted by Gasteiger charge is 2.31. The van der Waals surface area contributed by atoms with E-state index < -0.39 is 17.6 Å². The molecule has 0 unspecified atom stereocenters. The molecule has 0 bridgehead atoms. The Hall–Kier alpha value is -1.14. The topological polar surface area (TPSA) is 21.3 Å². The molecule has 0 spiro atoms. The molecule has 1 fully saturated rings. The molecule has 0 amide bonds. The van der Waals surface area contributed by atoms with Crippen LogP contribution in [-0.4, -0.2) is 19.3 Å². The van der Waals surface area contributed by atoms with E-state index in [-0.39, 0.29) is 12.1 Å². The minimum Gasteiger partial charge on any atom is -0.377 e. The van der Waals surface area contributed by atoms with Gasteiger partial charge in [-0.25, -0.2) is 4.39 Å². The van der Waals surface area contributed by atoms with Gasteiger partial charge in [-0.15, -0.1) is 0 Å². The van der Waals surface area contributed by atoms with Crippen molar-refractivity contribution < 1.29 is 22.3 Å². The number of hydrogen-bond donors (Lipinski definition) is 1. The van der Waals surface area contributed by atoms with Crippen molar-refractivity contribution in [1.29, 1.82) is 0 Å². The zero-order chi connectivity index (χ0) is 15.3. The highest BCUT2D eigenvalue weighted by Crippen LogP contribution is 2.30. The fourth-order valence-corrected chi connectivity index (χ4v) is 2.50. The Morgan fingerprint density at radius 1 is 1.14 bits per heavy atom. The smallest absolute Gasteiger partial charge is 0.377 e. The van der Waals surface area contributed by atoms with E-state index in [1.54, 1.807) is 0 Å². The van der Waals surface area contributed by atoms with Crippen molar-refractivity contribution in [3.63, 3.8) is 0 Å². The molecule has 1 aromatic carbocycles. The fourth-order valence-electron chi connectivity index (χ4n) is 2.50. The molecule has 0 aromatic heterocycles. The molecular formula is C15H19F4NO. The average Bonchev–Trinajstić information content (AvgIpc) is 2.90. The summed E-state index contributed by atoms with van der Waals surface area (Å²) in [7, 11) is 0. The van der Waals surface area contributed by atoms with Gasteiger partial charge >= 0.3 is 6.18 Å². The van der Waals surface area contributed by atoms with Gasteiger partial charge in [0.15, 0.2) is 0 Å². The van der Waals surface area contributed by atoms with E-state index in [2.05, 4.69) is 5.32 Å². The number of hydrogen-bond acceptors (Lipinski definition) is 2. The van der Waals surface area contributed by atoms with Crippen molar-refractivity contribution in [3.05, 3.63) is 35.1 Å². The lowest BCUT2D eigenvalue weighted by Gasteiger charge is -2.12. The van der Waals surface area contributed by atoms with Gasteiger partial charge in [-0.2, -0.15) is 13.2 Å². The standard InChI is InChI=1S/C15H19F4NO/c16-13-8-11(7-12(9-13)15(17,18)19)10-20-5-6-21-14-3-1-2-4-14/h7-9,14,20H,1-6,10H2. The Kier molecular flexibility index (Phi) is 5.58. The van der Waals surface area contributed by atoms with Crippen LogP contribution in [0.25, 0.3) is 0 Å². The summed E-state index contributed by atoms with van der Waals surface area (Å²) in [6, 6.07) is 2.58. The number of alkyl halides is 3. The Balaban J connectivity index is 1.76. The number of nitrogens with one attached hydrogen (secondary N) is 1. The van der Waals surface area contributed by atoms with Crippen LogP contribution in [0, 0.1) is 5.82 Å². The van der Waals surface area contributed by atoms with Gasteiger partial charge in [0.2, 0.25) is 0 Å². The molecular weight excluding hydrogens is 286 g/mol. The van der Waals surface area contributed by atoms with Crippen LogP contribution in [0.1, 0.15) is 36.8 Å². The summed E-state index contributed by atoms with van der Waals surface area (Å²) < 4.78 is 56.5. The van der Waals surface area contributed by atoms with Gasteiger partial charge in [0.25, 0.3) is 0 Å². The maximum Gasteiger partial charge on any atom is 0.416 e. The van der Waals surface area contributed by atoms with Crippen LogP contribution in [0.2, 0.25) is 0 Å². The normalized spacial score (nSPS) is 16.6. The molecule has 1 saturated carbocycles. The summed E-state index contributed by atoms with van der Waals surface area (Å²) in [5, 5.41) is 2.97. The second-order valence-electron chi connectivity index (χ2n) is 5.30. The van der Waals surface area contributed by atoms with E-state index in [4.69, 9.17) is 4.74 Å². The number of benzene rings is 1. The molecule has 1 N–H and O–H groups in total. The lowest BCUT2D eigenvalue weighted by atomic mass is 10.1. The largest absolute Gasteiger partial charge is 0.416 e. The predicted octanol–water partition coefficient (Wildman–Crippen LogP) is 3.89. The van der Waals surface area contributed by atoms with Gasteiger partial charge in [0, 0.05) is 13.1 Å². The van der Waals surface area contributed by atoms with Crippen LogP contribution in [0.4, 0.5) is 17.6 Å². The monoisotopic (exact) mass is 305 g/mol. The van der Waals surface area contributed by atoms with E-state index in [1.807, 2.05) is 0 Å². The van der Waals surface area contributed by atoms with Crippen molar-refractivity contribution in [2.45, 2.75) is 44.5 Å². The molecule has 1 aromatic rings. The highest BCUT2D eigenvalue weighted by atomic mass is 19.4. The quantitative estimate of drug-likeness (QED) is 0.636. The van der Waals surface area contributed by atoms with Crippen molar-refractivity contribution >= 4 is 0 Å². The Labute approximate surface area is 121 Å². The second kappa shape index (κ2) is 7.22. The van der Waals surface area contributed by atoms with Crippen LogP contribution in [0.5, 0.6) is 0 Å². The molecule has 1 aliphatic rings. The van der Waals surface area contributed by atoms with Gasteiger partial charge in [0.1, 0.15) is 5.82 Å². The number of halogens is 4. The second-order valence-corrected chi connectivity index (χ2v) is 5.30. The van der Waals surface area contributed by atoms with Gasteiger partial charge in [0.05, 0.1) is 18.3 Å². The van der Waals surface area contributed by atoms with Crippen molar-refractivity contribution in [1.82, 2.24) is 5.32 Å². The molecule has 0 atom stereocenters. The first-order chi connectivity index (χ1) is 9.95. The molecule has 21 heavy (non-hydrogen) atoms. The fraction of sp³-hybridized carbons (Fsp3) is 0.600. The summed E-state index contributed by atoms with van der Waals surface area (Å²) >= 11 is 0. The van der Waals surface area contributed by atoms with E-state index in [0.717, 1.165) is 25.0 Å². The molecule has 6 heteroatoms. The maximum atomic E-state index is 13.2. The van der Waals surface area contributed by atoms with Gasteiger partial charge in [-0.05, 0) is 36.6 Å². The predicted molar refractivity (Wildman–Crippen MR) is 71.3 cm³/mol. The number of rotatable bonds is 6. The summed E-state index contributed by atoms with van der Waals surface area (Å²) in [5.41, 5.74) is -0.676. The van der Waals surface area contributed by atoms with Crippen molar-refractivity contribution in [2.75, 3.05) is 13.2 Å². The van der Waals surface area contributed by atoms with Crippen LogP contribution in [0.15, 0.2) is 18.2 Å². The van der Waals surface area contributed by atoms with Gasteiger partial charge in [-0.1, -0.05) is 12.8 Å². The summed E-state index contributed by atoms with van der Waals surface area (Å²) in [4.78, 5) is 0. The lowest BCUT2D eigenvalue weighted by molar-refractivity contribution is -0.137. The molecule has 2 nitrogen and oxygen atoms in total. The number of ether oxygens (including phenoxy) is 1. The van der Waals surface area contributed by atoms with Crippen molar-refractivity contribution in [2.24, 2.45) is 0 Å². The third kappa shape index (κ3) is 5.28. The minimum absolute atomic E-state index is 0.189. The Morgan fingerprint density at radius 3 is 2.52 bits per heavy atom. The highest BCUT2D eigenvalue weighted by molar-refractivity contribution is 5.26. The molecule has 0 aliphatic heterocycles. The molecule has 0 saturated heterocycles. The van der Waals surface area contributed by atoms with Crippen LogP contribution in [-0.2, 0) is 17.5 Å². The molecule has 0 radical (unpaired) electrons. The van der Waals surface area contributed by atoms with E-state index in [1.165, 1.54) is 12.8 Å². The van der Waals surface area contributed by atoms with Gasteiger partial charge < -0.3 is 10.1 Å². The average molecular weight is 305 g/mol. The van der Waals surface area contributed by atoms with Crippen molar-refractivity contribution in [3.8, 4) is 0 Å². The third-order valence-electron chi connectivity index (χ3n) is 3.55. The Bertz CT molecular complexity index is 455. The zero-order valence-electron chi connectivity index (χ0n) is 11.7. The first-order valence-corrected chi connectivity index (χ1v) is 7.14. The summed E-state index contributed by atoms with van der Waals surface area (Å²) in [6.45, 7) is 1.25. The van der Waals surface area contributed by atoms with Crippen LogP contribution in [0.3, 0.4) is 0 Å². The van der Waals surface area contributed by atoms with Crippen LogP contribution >= 0.6 is 0 Å². The first kappa shape index (κ1) is 16.2. The molecule has 118 valence electrons. The van der Waals surface area contributed by atoms with E-state index in [0.29, 0.717) is 25.3 Å². The first-order valence-electron chi connectivity index (χ1n) is 7.14. The molecule has 1 aliphatic carbocycles. The third-order valence-corrected chi connectivity index (χ3v) is 3.55. The maximum absolute atomic E-state index is 13.2. The zero-order valence-corrected chi connectivity index (χ0v) is 11.7. The molecule has 2 rings (SSSR count). The van der Waals surface area contributed by atoms with Gasteiger partial charge in [-0.3, -0.25) is 0 Å². The lowest BCUT2D eigenvalue weighted by Crippen LogP contribution is -2.22. The SMILES string of the molecule is Fc1cc(CNCCOC2CCCC2)cc(C(F)(F)F)c1. The minimum atomic E-state index is -4.53.